The van der Waals surface area contributed by atoms with Gasteiger partial charge in [-0.05, 0) is 12.6 Å². The van der Waals surface area contributed by atoms with E-state index in [1.165, 1.54) is 0 Å². The molecule has 0 aromatic carbocycles. The molecule has 2 atom stereocenters. The first-order chi connectivity index (χ1) is 8.72. The van der Waals surface area contributed by atoms with Gasteiger partial charge in [0, 0.05) is 25.0 Å². The Hall–Kier alpha value is -1.40. The summed E-state index contributed by atoms with van der Waals surface area (Å²) in [5.74, 6) is -1.18. The third kappa shape index (κ3) is 2.88. The van der Waals surface area contributed by atoms with Crippen LogP contribution in [0.25, 0.3) is 0 Å². The van der Waals surface area contributed by atoms with E-state index in [1.54, 1.807) is 6.20 Å². The normalized spacial score (nSPS) is 23.7. The molecule has 18 heavy (non-hydrogen) atoms. The summed E-state index contributed by atoms with van der Waals surface area (Å²) in [7, 11) is 0. The topological polar surface area (TPSA) is 67.6 Å². The minimum Gasteiger partial charge on any atom is -0.481 e. The van der Waals surface area contributed by atoms with Crippen molar-refractivity contribution in [2.24, 2.45) is 5.92 Å². The molecule has 2 heterocycles. The highest BCUT2D eigenvalue weighted by Crippen LogP contribution is 2.19. The number of nitrogens with zero attached hydrogens (tertiary/aromatic N) is 3. The maximum Gasteiger partial charge on any atom is 0.310 e. The third-order valence-corrected chi connectivity index (χ3v) is 3.42. The van der Waals surface area contributed by atoms with Crippen molar-refractivity contribution < 1.29 is 14.6 Å². The zero-order valence-electron chi connectivity index (χ0n) is 10.5. The van der Waals surface area contributed by atoms with E-state index in [1.807, 2.05) is 23.9 Å². The molecular weight excluding hydrogens is 234 g/mol. The number of carbonyl (C=O) groups is 1. The van der Waals surface area contributed by atoms with Crippen molar-refractivity contribution in [3.63, 3.8) is 0 Å². The molecule has 0 aliphatic carbocycles. The van der Waals surface area contributed by atoms with Gasteiger partial charge in [0.15, 0.2) is 0 Å². The SMILES string of the molecule is CCN(CCn1cccn1)C1COCC1C(=O)O. The van der Waals surface area contributed by atoms with E-state index in [4.69, 9.17) is 9.84 Å². The Morgan fingerprint density at radius 3 is 3.06 bits per heavy atom. The van der Waals surface area contributed by atoms with Crippen LogP contribution in [0.5, 0.6) is 0 Å². The van der Waals surface area contributed by atoms with E-state index in [0.29, 0.717) is 13.2 Å². The van der Waals surface area contributed by atoms with Crippen molar-refractivity contribution >= 4 is 5.97 Å². The standard InChI is InChI=1S/C12H19N3O3/c1-2-14(6-7-15-5-3-4-13-15)11-9-18-8-10(11)12(16)17/h3-5,10-11H,2,6-9H2,1H3,(H,16,17). The number of carboxylic acid groups (broad SMARTS) is 1. The maximum absolute atomic E-state index is 11.1. The lowest BCUT2D eigenvalue weighted by molar-refractivity contribution is -0.143. The van der Waals surface area contributed by atoms with Crippen LogP contribution in [0.15, 0.2) is 18.5 Å². The van der Waals surface area contributed by atoms with Gasteiger partial charge in [0.1, 0.15) is 0 Å². The molecule has 2 rings (SSSR count). The highest BCUT2D eigenvalue weighted by atomic mass is 16.5. The van der Waals surface area contributed by atoms with E-state index in [2.05, 4.69) is 10.00 Å². The van der Waals surface area contributed by atoms with Crippen LogP contribution in [-0.2, 0) is 16.1 Å². The number of likely N-dealkylation sites (N-methyl/N-ethyl adjacent to an activating group) is 1. The number of rotatable bonds is 6. The second-order valence-electron chi connectivity index (χ2n) is 4.45. The number of hydrogen-bond acceptors (Lipinski definition) is 4. The van der Waals surface area contributed by atoms with Crippen molar-refractivity contribution in [1.29, 1.82) is 0 Å². The van der Waals surface area contributed by atoms with E-state index in [9.17, 15) is 4.79 Å². The van der Waals surface area contributed by atoms with Gasteiger partial charge in [0.25, 0.3) is 0 Å². The Kier molecular flexibility index (Phi) is 4.33. The lowest BCUT2D eigenvalue weighted by Gasteiger charge is -2.28. The lowest BCUT2D eigenvalue weighted by Crippen LogP contribution is -2.44. The minimum atomic E-state index is -0.768. The largest absolute Gasteiger partial charge is 0.481 e. The summed E-state index contributed by atoms with van der Waals surface area (Å²) in [6.45, 7) is 5.24. The van der Waals surface area contributed by atoms with E-state index in [-0.39, 0.29) is 6.04 Å². The summed E-state index contributed by atoms with van der Waals surface area (Å²) >= 11 is 0. The Bertz CT molecular complexity index is 380. The Morgan fingerprint density at radius 1 is 1.61 bits per heavy atom. The zero-order valence-corrected chi connectivity index (χ0v) is 10.5. The fourth-order valence-corrected chi connectivity index (χ4v) is 2.36. The Morgan fingerprint density at radius 2 is 2.44 bits per heavy atom. The van der Waals surface area contributed by atoms with Gasteiger partial charge >= 0.3 is 5.97 Å². The van der Waals surface area contributed by atoms with Gasteiger partial charge in [-0.1, -0.05) is 6.92 Å². The number of hydrogen-bond donors (Lipinski definition) is 1. The zero-order chi connectivity index (χ0) is 13.0. The molecule has 0 spiro atoms. The fourth-order valence-electron chi connectivity index (χ4n) is 2.36. The number of aromatic nitrogens is 2. The second-order valence-corrected chi connectivity index (χ2v) is 4.45. The predicted molar refractivity (Wildman–Crippen MR) is 65.2 cm³/mol. The quantitative estimate of drug-likeness (QED) is 0.790. The summed E-state index contributed by atoms with van der Waals surface area (Å²) in [6.07, 6.45) is 3.66. The van der Waals surface area contributed by atoms with Gasteiger partial charge < -0.3 is 9.84 Å². The number of aliphatic carboxylic acids is 1. The average Bonchev–Trinajstić information content (AvgIpc) is 2.99. The summed E-state index contributed by atoms with van der Waals surface area (Å²) in [5.41, 5.74) is 0. The smallest absolute Gasteiger partial charge is 0.310 e. The van der Waals surface area contributed by atoms with Crippen molar-refractivity contribution in [2.45, 2.75) is 19.5 Å². The molecule has 1 aromatic rings. The van der Waals surface area contributed by atoms with Crippen molar-refractivity contribution in [1.82, 2.24) is 14.7 Å². The first-order valence-corrected chi connectivity index (χ1v) is 6.24. The maximum atomic E-state index is 11.1. The monoisotopic (exact) mass is 253 g/mol. The predicted octanol–water partition coefficient (Wildman–Crippen LogP) is 0.305. The molecule has 6 nitrogen and oxygen atoms in total. The van der Waals surface area contributed by atoms with Crippen LogP contribution < -0.4 is 0 Å². The van der Waals surface area contributed by atoms with Crippen LogP contribution in [-0.4, -0.2) is 58.1 Å². The first kappa shape index (κ1) is 13.0. The summed E-state index contributed by atoms with van der Waals surface area (Å²) in [5, 5.41) is 13.3. The van der Waals surface area contributed by atoms with Crippen molar-refractivity contribution in [3.8, 4) is 0 Å². The minimum absolute atomic E-state index is 0.0249. The van der Waals surface area contributed by atoms with Gasteiger partial charge in [-0.25, -0.2) is 0 Å². The molecule has 0 saturated carbocycles. The van der Waals surface area contributed by atoms with Crippen molar-refractivity contribution in [2.75, 3.05) is 26.3 Å². The number of carboxylic acids is 1. The second kappa shape index (κ2) is 5.97. The summed E-state index contributed by atoms with van der Waals surface area (Å²) < 4.78 is 7.16. The molecule has 1 aliphatic heterocycles. The lowest BCUT2D eigenvalue weighted by atomic mass is 10.0. The van der Waals surface area contributed by atoms with Gasteiger partial charge in [0.05, 0.1) is 25.7 Å². The van der Waals surface area contributed by atoms with Gasteiger partial charge in [0.2, 0.25) is 0 Å². The van der Waals surface area contributed by atoms with Gasteiger partial charge in [-0.2, -0.15) is 5.10 Å². The molecule has 1 N–H and O–H groups in total. The fraction of sp³-hybridized carbons (Fsp3) is 0.667. The molecule has 6 heteroatoms. The average molecular weight is 253 g/mol. The molecule has 2 unspecified atom stereocenters. The third-order valence-electron chi connectivity index (χ3n) is 3.42. The molecule has 1 aliphatic rings. The van der Waals surface area contributed by atoms with Crippen molar-refractivity contribution in [3.05, 3.63) is 18.5 Å². The van der Waals surface area contributed by atoms with Crippen LogP contribution in [0.3, 0.4) is 0 Å². The molecule has 1 aromatic heterocycles. The van der Waals surface area contributed by atoms with E-state index >= 15 is 0 Å². The first-order valence-electron chi connectivity index (χ1n) is 6.24. The van der Waals surface area contributed by atoms with Crippen LogP contribution >= 0.6 is 0 Å². The molecule has 0 bridgehead atoms. The van der Waals surface area contributed by atoms with Crippen LogP contribution in [0.4, 0.5) is 0 Å². The Labute approximate surface area is 106 Å². The van der Waals surface area contributed by atoms with Crippen LogP contribution in [0, 0.1) is 5.92 Å². The highest BCUT2D eigenvalue weighted by Gasteiger charge is 2.37. The Balaban J connectivity index is 1.93. The van der Waals surface area contributed by atoms with Gasteiger partial charge in [-0.15, -0.1) is 0 Å². The number of ether oxygens (including phenoxy) is 1. The van der Waals surface area contributed by atoms with Gasteiger partial charge in [-0.3, -0.25) is 14.4 Å². The molecule has 1 fully saturated rings. The molecule has 1 saturated heterocycles. The van der Waals surface area contributed by atoms with Crippen LogP contribution in [0.1, 0.15) is 6.92 Å². The molecule has 100 valence electrons. The van der Waals surface area contributed by atoms with E-state index in [0.717, 1.165) is 19.6 Å². The molecule has 0 radical (unpaired) electrons. The van der Waals surface area contributed by atoms with E-state index < -0.39 is 11.9 Å². The highest BCUT2D eigenvalue weighted by molar-refractivity contribution is 5.71. The summed E-state index contributed by atoms with van der Waals surface area (Å²) in [6, 6.07) is 1.86. The molecular formula is C12H19N3O3. The van der Waals surface area contributed by atoms with Crippen LogP contribution in [0.2, 0.25) is 0 Å². The summed E-state index contributed by atoms with van der Waals surface area (Å²) in [4.78, 5) is 13.3. The molecule has 0 amide bonds.